The number of rotatable bonds is 3. The molecule has 0 spiro atoms. The van der Waals surface area contributed by atoms with Gasteiger partial charge in [0, 0.05) is 0 Å². The maximum absolute atomic E-state index is 9.74. The van der Waals surface area contributed by atoms with Crippen LogP contribution in [0.5, 0.6) is 5.75 Å². The van der Waals surface area contributed by atoms with Crippen LogP contribution < -0.4 is 5.73 Å². The molecule has 17 heavy (non-hydrogen) atoms. The number of nitrogens with zero attached hydrogens (tertiary/aromatic N) is 1. The maximum atomic E-state index is 9.74. The summed E-state index contributed by atoms with van der Waals surface area (Å²) >= 11 is 0. The SMILES string of the molecule is CC(C)c1nc(-c2ccccc2O)oc1CN. The predicted molar refractivity (Wildman–Crippen MR) is 65.6 cm³/mol. The normalized spacial score (nSPS) is 11.1. The van der Waals surface area contributed by atoms with Crippen molar-refractivity contribution in [2.45, 2.75) is 26.3 Å². The van der Waals surface area contributed by atoms with Gasteiger partial charge in [0.2, 0.25) is 5.89 Å². The molecule has 0 amide bonds. The van der Waals surface area contributed by atoms with Gasteiger partial charge in [-0.15, -0.1) is 0 Å². The number of benzene rings is 1. The van der Waals surface area contributed by atoms with Crippen molar-refractivity contribution in [3.63, 3.8) is 0 Å². The van der Waals surface area contributed by atoms with Gasteiger partial charge in [-0.25, -0.2) is 4.98 Å². The number of aromatic hydroxyl groups is 1. The van der Waals surface area contributed by atoms with Crippen LogP contribution in [0.25, 0.3) is 11.5 Å². The first kappa shape index (κ1) is 11.7. The van der Waals surface area contributed by atoms with Crippen LogP contribution in [0.1, 0.15) is 31.2 Å². The van der Waals surface area contributed by atoms with Crippen molar-refractivity contribution in [2.24, 2.45) is 5.73 Å². The highest BCUT2D eigenvalue weighted by Gasteiger charge is 2.17. The molecule has 1 aromatic heterocycles. The van der Waals surface area contributed by atoms with Crippen molar-refractivity contribution in [3.05, 3.63) is 35.7 Å². The van der Waals surface area contributed by atoms with Gasteiger partial charge < -0.3 is 15.3 Å². The number of phenolic OH excluding ortho intramolecular Hbond substituents is 1. The summed E-state index contributed by atoms with van der Waals surface area (Å²) in [6, 6.07) is 6.97. The maximum Gasteiger partial charge on any atom is 0.230 e. The number of oxazole rings is 1. The lowest BCUT2D eigenvalue weighted by Crippen LogP contribution is -2.00. The molecule has 0 saturated carbocycles. The van der Waals surface area contributed by atoms with E-state index in [4.69, 9.17) is 10.2 Å². The summed E-state index contributed by atoms with van der Waals surface area (Å²) in [5.41, 5.74) is 7.07. The molecule has 2 rings (SSSR count). The minimum Gasteiger partial charge on any atom is -0.507 e. The van der Waals surface area contributed by atoms with Crippen LogP contribution in [0.3, 0.4) is 0 Å². The number of aromatic nitrogens is 1. The Labute approximate surface area is 100 Å². The summed E-state index contributed by atoms with van der Waals surface area (Å²) < 4.78 is 5.60. The smallest absolute Gasteiger partial charge is 0.230 e. The summed E-state index contributed by atoms with van der Waals surface area (Å²) in [6.07, 6.45) is 0. The minimum atomic E-state index is 0.160. The molecular formula is C13H16N2O2. The predicted octanol–water partition coefficient (Wildman–Crippen LogP) is 2.63. The van der Waals surface area contributed by atoms with Crippen LogP contribution in [0, 0.1) is 0 Å². The third kappa shape index (κ3) is 2.17. The highest BCUT2D eigenvalue weighted by atomic mass is 16.4. The molecule has 0 aliphatic rings. The fraction of sp³-hybridized carbons (Fsp3) is 0.308. The van der Waals surface area contributed by atoms with Gasteiger partial charge in [-0.1, -0.05) is 26.0 Å². The van der Waals surface area contributed by atoms with Gasteiger partial charge in [0.15, 0.2) is 0 Å². The van der Waals surface area contributed by atoms with Crippen molar-refractivity contribution < 1.29 is 9.52 Å². The van der Waals surface area contributed by atoms with E-state index in [0.717, 1.165) is 5.69 Å². The van der Waals surface area contributed by atoms with Gasteiger partial charge >= 0.3 is 0 Å². The minimum absolute atomic E-state index is 0.160. The zero-order valence-electron chi connectivity index (χ0n) is 9.97. The van der Waals surface area contributed by atoms with E-state index in [2.05, 4.69) is 4.98 Å². The summed E-state index contributed by atoms with van der Waals surface area (Å²) in [6.45, 7) is 4.38. The van der Waals surface area contributed by atoms with Crippen molar-refractivity contribution in [2.75, 3.05) is 0 Å². The Morgan fingerprint density at radius 1 is 1.35 bits per heavy atom. The topological polar surface area (TPSA) is 72.3 Å². The van der Waals surface area contributed by atoms with Crippen molar-refractivity contribution in [3.8, 4) is 17.2 Å². The van der Waals surface area contributed by atoms with Crippen LogP contribution in [-0.4, -0.2) is 10.1 Å². The Kier molecular flexibility index (Phi) is 3.15. The lowest BCUT2D eigenvalue weighted by Gasteiger charge is -1.99. The fourth-order valence-corrected chi connectivity index (χ4v) is 1.73. The second-order valence-corrected chi connectivity index (χ2v) is 4.20. The number of hydrogen-bond acceptors (Lipinski definition) is 4. The first-order valence-corrected chi connectivity index (χ1v) is 5.61. The molecule has 2 aromatic rings. The molecule has 0 unspecified atom stereocenters. The second kappa shape index (κ2) is 4.59. The van der Waals surface area contributed by atoms with E-state index < -0.39 is 0 Å². The molecule has 4 nitrogen and oxygen atoms in total. The lowest BCUT2D eigenvalue weighted by molar-refractivity contribution is 0.469. The van der Waals surface area contributed by atoms with E-state index in [1.165, 1.54) is 0 Å². The summed E-state index contributed by atoms with van der Waals surface area (Å²) in [5.74, 6) is 1.51. The average Bonchev–Trinajstić information content (AvgIpc) is 2.73. The largest absolute Gasteiger partial charge is 0.507 e. The molecule has 0 aliphatic heterocycles. The molecular weight excluding hydrogens is 216 g/mol. The molecule has 0 atom stereocenters. The van der Waals surface area contributed by atoms with Crippen LogP contribution >= 0.6 is 0 Å². The third-order valence-electron chi connectivity index (χ3n) is 2.59. The van der Waals surface area contributed by atoms with Gasteiger partial charge in [0.05, 0.1) is 17.8 Å². The Morgan fingerprint density at radius 3 is 2.59 bits per heavy atom. The molecule has 0 saturated heterocycles. The molecule has 0 aliphatic carbocycles. The van der Waals surface area contributed by atoms with Gasteiger partial charge in [0.1, 0.15) is 11.5 Å². The third-order valence-corrected chi connectivity index (χ3v) is 2.59. The van der Waals surface area contributed by atoms with Crippen LogP contribution in [0.15, 0.2) is 28.7 Å². The summed E-state index contributed by atoms with van der Waals surface area (Å²) in [4.78, 5) is 4.40. The monoisotopic (exact) mass is 232 g/mol. The van der Waals surface area contributed by atoms with Gasteiger partial charge in [-0.2, -0.15) is 0 Å². The van der Waals surface area contributed by atoms with Crippen molar-refractivity contribution in [1.82, 2.24) is 4.98 Å². The highest BCUT2D eigenvalue weighted by Crippen LogP contribution is 2.31. The summed E-state index contributed by atoms with van der Waals surface area (Å²) in [5, 5.41) is 9.74. The molecule has 1 aromatic carbocycles. The molecule has 4 heteroatoms. The lowest BCUT2D eigenvalue weighted by atomic mass is 10.1. The van der Waals surface area contributed by atoms with Gasteiger partial charge in [0.25, 0.3) is 0 Å². The Bertz CT molecular complexity index is 518. The van der Waals surface area contributed by atoms with E-state index in [1.54, 1.807) is 18.2 Å². The van der Waals surface area contributed by atoms with E-state index >= 15 is 0 Å². The number of para-hydroxylation sites is 1. The number of nitrogens with two attached hydrogens (primary N) is 1. The summed E-state index contributed by atoms with van der Waals surface area (Å²) in [7, 11) is 0. The molecule has 0 bridgehead atoms. The first-order chi connectivity index (χ1) is 8.13. The van der Waals surface area contributed by atoms with E-state index in [9.17, 15) is 5.11 Å². The second-order valence-electron chi connectivity index (χ2n) is 4.20. The van der Waals surface area contributed by atoms with E-state index in [-0.39, 0.29) is 11.7 Å². The fourth-order valence-electron chi connectivity index (χ4n) is 1.73. The Hall–Kier alpha value is -1.81. The highest BCUT2D eigenvalue weighted by molar-refractivity contribution is 5.62. The first-order valence-electron chi connectivity index (χ1n) is 5.61. The zero-order chi connectivity index (χ0) is 12.4. The van der Waals surface area contributed by atoms with Crippen molar-refractivity contribution >= 4 is 0 Å². The van der Waals surface area contributed by atoms with Crippen LogP contribution in [0.4, 0.5) is 0 Å². The van der Waals surface area contributed by atoms with Gasteiger partial charge in [-0.05, 0) is 18.1 Å². The standard InChI is InChI=1S/C13H16N2O2/c1-8(2)12-11(7-14)17-13(15-12)9-5-3-4-6-10(9)16/h3-6,8,16H,7,14H2,1-2H3. The molecule has 0 fully saturated rings. The Morgan fingerprint density at radius 2 is 2.06 bits per heavy atom. The molecule has 0 radical (unpaired) electrons. The zero-order valence-corrected chi connectivity index (χ0v) is 9.97. The number of hydrogen-bond donors (Lipinski definition) is 2. The quantitative estimate of drug-likeness (QED) is 0.853. The van der Waals surface area contributed by atoms with Crippen molar-refractivity contribution in [1.29, 1.82) is 0 Å². The molecule has 1 heterocycles. The molecule has 90 valence electrons. The van der Waals surface area contributed by atoms with Crippen LogP contribution in [0.2, 0.25) is 0 Å². The Balaban J connectivity index is 2.51. The van der Waals surface area contributed by atoms with Gasteiger partial charge in [-0.3, -0.25) is 0 Å². The molecule has 3 N–H and O–H groups in total. The van der Waals surface area contributed by atoms with Crippen LogP contribution in [-0.2, 0) is 6.54 Å². The average molecular weight is 232 g/mol. The number of phenols is 1. The van der Waals surface area contributed by atoms with E-state index in [1.807, 2.05) is 19.9 Å². The van der Waals surface area contributed by atoms with E-state index in [0.29, 0.717) is 23.8 Å².